The van der Waals surface area contributed by atoms with Gasteiger partial charge in [0.1, 0.15) is 11.3 Å². The Bertz CT molecular complexity index is 999. The molecule has 3 aromatic rings. The van der Waals surface area contributed by atoms with Gasteiger partial charge in [-0.1, -0.05) is 4.98 Å². The van der Waals surface area contributed by atoms with Gasteiger partial charge in [0.05, 0.1) is 19.0 Å². The number of aryl methyl sites for hydroxylation is 1. The molecule has 1 aliphatic rings. The number of nitrogens with zero attached hydrogens (tertiary/aromatic N) is 2. The molecule has 0 unspecified atom stereocenters. The molecular formula is C20H24ClN3O3S2. The van der Waals surface area contributed by atoms with Crippen molar-refractivity contribution in [3.63, 3.8) is 0 Å². The maximum absolute atomic E-state index is 5.64. The van der Waals surface area contributed by atoms with E-state index >= 15 is 0 Å². The number of thiol groups is 2. The van der Waals surface area contributed by atoms with E-state index < -0.39 is 0 Å². The number of hydrogen-bond donors (Lipinski definition) is 3. The Morgan fingerprint density at radius 3 is 2.66 bits per heavy atom. The number of H-pyrrole nitrogens is 1. The van der Waals surface area contributed by atoms with E-state index in [-0.39, 0.29) is 23.8 Å². The van der Waals surface area contributed by atoms with Gasteiger partial charge in [0, 0.05) is 34.3 Å². The molecule has 156 valence electrons. The van der Waals surface area contributed by atoms with E-state index in [1.807, 2.05) is 19.1 Å². The van der Waals surface area contributed by atoms with Crippen molar-refractivity contribution in [1.29, 1.82) is 0 Å². The first-order chi connectivity index (χ1) is 13.5. The maximum Gasteiger partial charge on any atom is 0.402 e. The number of methoxy groups -OCH3 is 1. The summed E-state index contributed by atoms with van der Waals surface area (Å²) < 4.78 is 18.8. The summed E-state index contributed by atoms with van der Waals surface area (Å²) in [6.45, 7) is 4.39. The predicted octanol–water partition coefficient (Wildman–Crippen LogP) is 0.706. The van der Waals surface area contributed by atoms with Crippen LogP contribution in [0, 0.1) is 13.8 Å². The van der Waals surface area contributed by atoms with Gasteiger partial charge in [-0.05, 0) is 26.7 Å². The molecule has 1 aliphatic heterocycles. The molecule has 1 N–H and O–H groups in total. The van der Waals surface area contributed by atoms with Crippen LogP contribution in [-0.2, 0) is 6.42 Å². The van der Waals surface area contributed by atoms with Crippen LogP contribution in [0.15, 0.2) is 18.3 Å². The molecule has 6 nitrogen and oxygen atoms in total. The molecule has 0 saturated carbocycles. The number of aromatic amines is 1. The summed E-state index contributed by atoms with van der Waals surface area (Å²) in [5.74, 6) is 3.14. The van der Waals surface area contributed by atoms with E-state index in [0.29, 0.717) is 0 Å². The largest absolute Gasteiger partial charge is 1.00 e. The molecular weight excluding hydrogens is 430 g/mol. The van der Waals surface area contributed by atoms with Crippen molar-refractivity contribution in [2.75, 3.05) is 13.9 Å². The number of rotatable bonds is 6. The lowest BCUT2D eigenvalue weighted by Gasteiger charge is -2.15. The van der Waals surface area contributed by atoms with Crippen molar-refractivity contribution in [3.8, 4) is 23.2 Å². The molecule has 0 spiro atoms. The van der Waals surface area contributed by atoms with Crippen LogP contribution in [0.3, 0.4) is 0 Å². The van der Waals surface area contributed by atoms with Crippen molar-refractivity contribution in [2.45, 2.75) is 37.7 Å². The molecule has 0 amide bonds. The van der Waals surface area contributed by atoms with E-state index in [9.17, 15) is 0 Å². The normalized spacial score (nSPS) is 12.5. The van der Waals surface area contributed by atoms with Crippen LogP contribution in [0.5, 0.6) is 17.2 Å². The highest BCUT2D eigenvalue weighted by Crippen LogP contribution is 2.35. The summed E-state index contributed by atoms with van der Waals surface area (Å²) in [4.78, 5) is 8.22. The SMILES string of the molecule is COc1c(C)c[n+](-c2nc3cc4c(cc3[nH]2)OCO4)c(CCCC(S)S)c1C.[Cl-]. The number of aromatic nitrogens is 3. The molecule has 9 heteroatoms. The van der Waals surface area contributed by atoms with Crippen molar-refractivity contribution < 1.29 is 31.2 Å². The van der Waals surface area contributed by atoms with Crippen LogP contribution in [0.2, 0.25) is 0 Å². The molecule has 0 saturated heterocycles. The summed E-state index contributed by atoms with van der Waals surface area (Å²) >= 11 is 8.76. The molecule has 29 heavy (non-hydrogen) atoms. The quantitative estimate of drug-likeness (QED) is 0.292. The van der Waals surface area contributed by atoms with Gasteiger partial charge < -0.3 is 26.6 Å². The van der Waals surface area contributed by atoms with Gasteiger partial charge >= 0.3 is 5.95 Å². The summed E-state index contributed by atoms with van der Waals surface area (Å²) in [6.07, 6.45) is 4.84. The summed E-state index contributed by atoms with van der Waals surface area (Å²) in [5, 5.41) is 0. The van der Waals surface area contributed by atoms with Gasteiger partial charge in [0.25, 0.3) is 0 Å². The highest BCUT2D eigenvalue weighted by atomic mass is 35.5. The lowest BCUT2D eigenvalue weighted by molar-refractivity contribution is -0.612. The Morgan fingerprint density at radius 2 is 1.97 bits per heavy atom. The maximum atomic E-state index is 5.64. The topological polar surface area (TPSA) is 60.2 Å². The minimum atomic E-state index is 0. The first kappa shape index (κ1) is 21.9. The van der Waals surface area contributed by atoms with Gasteiger partial charge in [-0.2, -0.15) is 25.3 Å². The number of halogens is 1. The van der Waals surface area contributed by atoms with Crippen LogP contribution in [0.1, 0.15) is 29.7 Å². The second kappa shape index (κ2) is 8.93. The molecule has 0 fully saturated rings. The summed E-state index contributed by atoms with van der Waals surface area (Å²) in [5.41, 5.74) is 5.08. The van der Waals surface area contributed by atoms with E-state index in [2.05, 4.69) is 47.9 Å². The third-order valence-corrected chi connectivity index (χ3v) is 5.53. The number of nitrogens with one attached hydrogen (secondary N) is 1. The van der Waals surface area contributed by atoms with Crippen LogP contribution in [0.4, 0.5) is 0 Å². The van der Waals surface area contributed by atoms with Gasteiger partial charge in [-0.25, -0.2) is 9.55 Å². The molecule has 0 radical (unpaired) electrons. The van der Waals surface area contributed by atoms with E-state index in [4.69, 9.17) is 19.2 Å². The first-order valence-corrected chi connectivity index (χ1v) is 10.3. The fourth-order valence-corrected chi connectivity index (χ4v) is 4.07. The van der Waals surface area contributed by atoms with Crippen molar-refractivity contribution in [1.82, 2.24) is 9.97 Å². The minimum Gasteiger partial charge on any atom is -1.00 e. The summed E-state index contributed by atoms with van der Waals surface area (Å²) in [7, 11) is 1.71. The summed E-state index contributed by atoms with van der Waals surface area (Å²) in [6, 6.07) is 3.84. The first-order valence-electron chi connectivity index (χ1n) is 9.22. The predicted molar refractivity (Wildman–Crippen MR) is 114 cm³/mol. The number of ether oxygens (including phenoxy) is 3. The highest BCUT2D eigenvalue weighted by Gasteiger charge is 2.24. The van der Waals surface area contributed by atoms with Gasteiger partial charge in [-0.15, -0.1) is 0 Å². The molecule has 0 aliphatic carbocycles. The molecule has 0 bridgehead atoms. The smallest absolute Gasteiger partial charge is 0.402 e. The lowest BCUT2D eigenvalue weighted by Crippen LogP contribution is -3.00. The fraction of sp³-hybridized carbons (Fsp3) is 0.400. The van der Waals surface area contributed by atoms with E-state index in [1.54, 1.807) is 7.11 Å². The second-order valence-electron chi connectivity index (χ2n) is 6.94. The third kappa shape index (κ3) is 4.25. The zero-order valence-electron chi connectivity index (χ0n) is 16.5. The van der Waals surface area contributed by atoms with Crippen molar-refractivity contribution in [2.24, 2.45) is 0 Å². The van der Waals surface area contributed by atoms with Crippen LogP contribution in [0.25, 0.3) is 17.0 Å². The molecule has 4 rings (SSSR count). The molecule has 2 aromatic heterocycles. The molecule has 3 heterocycles. The van der Waals surface area contributed by atoms with Crippen LogP contribution < -0.4 is 31.2 Å². The van der Waals surface area contributed by atoms with Gasteiger partial charge in [0.15, 0.2) is 17.0 Å². The zero-order chi connectivity index (χ0) is 19.8. The Balaban J connectivity index is 0.00000240. The zero-order valence-corrected chi connectivity index (χ0v) is 19.1. The molecule has 1 aromatic carbocycles. The van der Waals surface area contributed by atoms with E-state index in [1.165, 1.54) is 0 Å². The number of imidazole rings is 1. The number of fused-ring (bicyclic) bond motifs is 2. The monoisotopic (exact) mass is 453 g/mol. The van der Waals surface area contributed by atoms with Crippen molar-refractivity contribution >= 4 is 36.3 Å². The third-order valence-electron chi connectivity index (χ3n) is 5.02. The Hall–Kier alpha value is -1.77. The standard InChI is InChI=1S/C20H23N3O3S2.ClH/c1-11-9-23(15(5-4-6-18(27)28)12(2)19(11)24-3)20-21-13-7-16-17(26-10-25-16)8-14(13)22-20;/h7-9,18H,4-6,10H2,1-3H3,(H2-,21,22,27,28);1H. The van der Waals surface area contributed by atoms with Crippen LogP contribution >= 0.6 is 25.3 Å². The van der Waals surface area contributed by atoms with E-state index in [0.717, 1.165) is 70.3 Å². The van der Waals surface area contributed by atoms with Gasteiger partial charge in [-0.3, -0.25) is 0 Å². The number of benzene rings is 1. The Kier molecular flexibility index (Phi) is 6.76. The van der Waals surface area contributed by atoms with Gasteiger partial charge in [0.2, 0.25) is 6.79 Å². The Morgan fingerprint density at radius 1 is 1.24 bits per heavy atom. The number of hydrogen-bond acceptors (Lipinski definition) is 6. The average molecular weight is 454 g/mol. The minimum absolute atomic E-state index is 0. The second-order valence-corrected chi connectivity index (χ2v) is 8.60. The fourth-order valence-electron chi connectivity index (χ4n) is 3.70. The average Bonchev–Trinajstić information content (AvgIpc) is 3.26. The van der Waals surface area contributed by atoms with Crippen LogP contribution in [-0.4, -0.2) is 28.5 Å². The lowest BCUT2D eigenvalue weighted by atomic mass is 10.1. The highest BCUT2D eigenvalue weighted by molar-refractivity contribution is 7.99. The van der Waals surface area contributed by atoms with Crippen molar-refractivity contribution in [3.05, 3.63) is 35.2 Å². The Labute approximate surface area is 187 Å². The number of pyridine rings is 1. The molecule has 0 atom stereocenters.